The highest BCUT2D eigenvalue weighted by Crippen LogP contribution is 2.32. The zero-order chi connectivity index (χ0) is 18.8. The number of anilines is 1. The van der Waals surface area contributed by atoms with E-state index < -0.39 is 0 Å². The van der Waals surface area contributed by atoms with Crippen molar-refractivity contribution in [2.75, 3.05) is 38.3 Å². The van der Waals surface area contributed by atoms with E-state index >= 15 is 0 Å². The number of ether oxygens (including phenoxy) is 2. The summed E-state index contributed by atoms with van der Waals surface area (Å²) in [5, 5.41) is 3.58. The predicted molar refractivity (Wildman–Crippen MR) is 105 cm³/mol. The molecule has 0 bridgehead atoms. The highest BCUT2D eigenvalue weighted by Gasteiger charge is 2.22. The summed E-state index contributed by atoms with van der Waals surface area (Å²) in [7, 11) is 0. The van der Waals surface area contributed by atoms with Gasteiger partial charge in [-0.05, 0) is 42.3 Å². The zero-order valence-electron chi connectivity index (χ0n) is 15.2. The van der Waals surface area contributed by atoms with Crippen molar-refractivity contribution >= 4 is 23.3 Å². The standard InChI is InChI=1S/C20H22ClN3O3/c1-14-2-4-16(21)11-17(14)22-20(25)24-8-6-23(7-9-24)12-15-3-5-18-19(10-15)27-13-26-18/h2-5,10-11H,6-9,12-13H2,1H3,(H,22,25). The van der Waals surface area contributed by atoms with Gasteiger partial charge in [-0.1, -0.05) is 23.7 Å². The number of fused-ring (bicyclic) bond motifs is 1. The molecule has 2 aromatic rings. The third kappa shape index (κ3) is 4.12. The van der Waals surface area contributed by atoms with Gasteiger partial charge in [0.05, 0.1) is 0 Å². The number of urea groups is 1. The van der Waals surface area contributed by atoms with Gasteiger partial charge in [0.1, 0.15) is 0 Å². The van der Waals surface area contributed by atoms with E-state index in [9.17, 15) is 4.79 Å². The number of benzene rings is 2. The molecule has 0 saturated carbocycles. The molecule has 4 rings (SSSR count). The van der Waals surface area contributed by atoms with Crippen LogP contribution in [-0.4, -0.2) is 48.8 Å². The molecule has 2 aromatic carbocycles. The third-order valence-corrected chi connectivity index (χ3v) is 5.18. The van der Waals surface area contributed by atoms with E-state index in [1.54, 1.807) is 6.07 Å². The van der Waals surface area contributed by atoms with Crippen molar-refractivity contribution in [2.45, 2.75) is 13.5 Å². The lowest BCUT2D eigenvalue weighted by Gasteiger charge is -2.34. The molecule has 0 unspecified atom stereocenters. The van der Waals surface area contributed by atoms with Crippen LogP contribution in [-0.2, 0) is 6.54 Å². The van der Waals surface area contributed by atoms with Gasteiger partial charge in [0, 0.05) is 43.4 Å². The maximum absolute atomic E-state index is 12.5. The van der Waals surface area contributed by atoms with E-state index in [-0.39, 0.29) is 6.03 Å². The summed E-state index contributed by atoms with van der Waals surface area (Å²) >= 11 is 6.03. The van der Waals surface area contributed by atoms with Crippen LogP contribution in [0.3, 0.4) is 0 Å². The summed E-state index contributed by atoms with van der Waals surface area (Å²) in [5.74, 6) is 1.61. The Labute approximate surface area is 163 Å². The van der Waals surface area contributed by atoms with E-state index in [4.69, 9.17) is 21.1 Å². The molecule has 0 atom stereocenters. The van der Waals surface area contributed by atoms with Gasteiger partial charge in [-0.3, -0.25) is 4.90 Å². The molecule has 6 nitrogen and oxygen atoms in total. The average molecular weight is 388 g/mol. The number of rotatable bonds is 3. The molecule has 2 aliphatic heterocycles. The van der Waals surface area contributed by atoms with Crippen molar-refractivity contribution in [3.63, 3.8) is 0 Å². The third-order valence-electron chi connectivity index (χ3n) is 4.94. The highest BCUT2D eigenvalue weighted by molar-refractivity contribution is 6.31. The van der Waals surface area contributed by atoms with E-state index in [1.165, 1.54) is 5.56 Å². The predicted octanol–water partition coefficient (Wildman–Crippen LogP) is 3.73. The van der Waals surface area contributed by atoms with Crippen LogP contribution < -0.4 is 14.8 Å². The lowest BCUT2D eigenvalue weighted by atomic mass is 10.1. The van der Waals surface area contributed by atoms with Crippen LogP contribution in [0.4, 0.5) is 10.5 Å². The number of piperazine rings is 1. The van der Waals surface area contributed by atoms with Crippen molar-refractivity contribution in [1.29, 1.82) is 0 Å². The van der Waals surface area contributed by atoms with Gasteiger partial charge >= 0.3 is 6.03 Å². The lowest BCUT2D eigenvalue weighted by molar-refractivity contribution is 0.143. The number of hydrogen-bond acceptors (Lipinski definition) is 4. The number of aryl methyl sites for hydroxylation is 1. The number of carbonyl (C=O) groups is 1. The van der Waals surface area contributed by atoms with Crippen LogP contribution in [0, 0.1) is 6.92 Å². The first-order valence-corrected chi connectivity index (χ1v) is 9.39. The molecule has 2 aliphatic rings. The number of carbonyl (C=O) groups excluding carboxylic acids is 1. The van der Waals surface area contributed by atoms with Crippen LogP contribution in [0.15, 0.2) is 36.4 Å². The van der Waals surface area contributed by atoms with Crippen LogP contribution in [0.1, 0.15) is 11.1 Å². The molecule has 0 radical (unpaired) electrons. The summed E-state index contributed by atoms with van der Waals surface area (Å²) in [6, 6.07) is 11.5. The fourth-order valence-corrected chi connectivity index (χ4v) is 3.50. The normalized spacial score (nSPS) is 16.4. The summed E-state index contributed by atoms with van der Waals surface area (Å²) < 4.78 is 10.8. The Morgan fingerprint density at radius 2 is 1.85 bits per heavy atom. The Hall–Kier alpha value is -2.44. The molecule has 7 heteroatoms. The van der Waals surface area contributed by atoms with Crippen molar-refractivity contribution in [1.82, 2.24) is 9.80 Å². The minimum atomic E-state index is -0.0805. The largest absolute Gasteiger partial charge is 0.454 e. The number of nitrogens with one attached hydrogen (secondary N) is 1. The Morgan fingerprint density at radius 1 is 1.07 bits per heavy atom. The fourth-order valence-electron chi connectivity index (χ4n) is 3.33. The Balaban J connectivity index is 1.30. The van der Waals surface area contributed by atoms with Crippen LogP contribution in [0.2, 0.25) is 5.02 Å². The Morgan fingerprint density at radius 3 is 2.67 bits per heavy atom. The molecule has 0 aliphatic carbocycles. The zero-order valence-corrected chi connectivity index (χ0v) is 16.0. The number of nitrogens with zero attached hydrogens (tertiary/aromatic N) is 2. The number of amides is 2. The van der Waals surface area contributed by atoms with E-state index in [0.29, 0.717) is 24.9 Å². The SMILES string of the molecule is Cc1ccc(Cl)cc1NC(=O)N1CCN(Cc2ccc3c(c2)OCO3)CC1. The smallest absolute Gasteiger partial charge is 0.321 e. The second-order valence-corrected chi connectivity index (χ2v) is 7.28. The summed E-state index contributed by atoms with van der Waals surface area (Å²) in [5.41, 5.74) is 2.94. The van der Waals surface area contributed by atoms with E-state index in [2.05, 4.69) is 16.3 Å². The lowest BCUT2D eigenvalue weighted by Crippen LogP contribution is -2.49. The fraction of sp³-hybridized carbons (Fsp3) is 0.350. The summed E-state index contributed by atoms with van der Waals surface area (Å²) in [4.78, 5) is 16.7. The topological polar surface area (TPSA) is 54.0 Å². The van der Waals surface area contributed by atoms with Crippen LogP contribution >= 0.6 is 11.6 Å². The van der Waals surface area contributed by atoms with Crippen molar-refractivity contribution in [2.24, 2.45) is 0 Å². The molecule has 1 N–H and O–H groups in total. The van der Waals surface area contributed by atoms with Gasteiger partial charge in [-0.25, -0.2) is 4.79 Å². The Kier molecular flexibility index (Phi) is 5.09. The quantitative estimate of drug-likeness (QED) is 0.871. The maximum atomic E-state index is 12.5. The van der Waals surface area contributed by atoms with Crippen molar-refractivity contribution < 1.29 is 14.3 Å². The van der Waals surface area contributed by atoms with E-state index in [1.807, 2.05) is 36.1 Å². The summed E-state index contributed by atoms with van der Waals surface area (Å²) in [6.07, 6.45) is 0. The van der Waals surface area contributed by atoms with Crippen LogP contribution in [0.25, 0.3) is 0 Å². The minimum Gasteiger partial charge on any atom is -0.454 e. The highest BCUT2D eigenvalue weighted by atomic mass is 35.5. The number of hydrogen-bond donors (Lipinski definition) is 1. The first-order chi connectivity index (χ1) is 13.1. The summed E-state index contributed by atoms with van der Waals surface area (Å²) in [6.45, 7) is 6.12. The monoisotopic (exact) mass is 387 g/mol. The Bertz CT molecular complexity index is 850. The van der Waals surface area contributed by atoms with Gasteiger partial charge in [0.25, 0.3) is 0 Å². The minimum absolute atomic E-state index is 0.0805. The molecular formula is C20H22ClN3O3. The molecular weight excluding hydrogens is 366 g/mol. The van der Waals surface area contributed by atoms with Gasteiger partial charge < -0.3 is 19.7 Å². The second kappa shape index (κ2) is 7.66. The van der Waals surface area contributed by atoms with Crippen LogP contribution in [0.5, 0.6) is 11.5 Å². The second-order valence-electron chi connectivity index (χ2n) is 6.84. The van der Waals surface area contributed by atoms with Gasteiger partial charge in [0.15, 0.2) is 11.5 Å². The van der Waals surface area contributed by atoms with Crippen molar-refractivity contribution in [3.8, 4) is 11.5 Å². The molecule has 1 saturated heterocycles. The van der Waals surface area contributed by atoms with E-state index in [0.717, 1.165) is 42.4 Å². The number of halogens is 1. The average Bonchev–Trinajstić information content (AvgIpc) is 3.13. The molecule has 0 spiro atoms. The molecule has 2 amide bonds. The van der Waals surface area contributed by atoms with Gasteiger partial charge in [-0.15, -0.1) is 0 Å². The molecule has 1 fully saturated rings. The van der Waals surface area contributed by atoms with Gasteiger partial charge in [-0.2, -0.15) is 0 Å². The molecule has 2 heterocycles. The first kappa shape index (κ1) is 17.9. The maximum Gasteiger partial charge on any atom is 0.321 e. The molecule has 0 aromatic heterocycles. The molecule has 142 valence electrons. The molecule has 27 heavy (non-hydrogen) atoms. The van der Waals surface area contributed by atoms with Gasteiger partial charge in [0.2, 0.25) is 6.79 Å². The van der Waals surface area contributed by atoms with Crippen molar-refractivity contribution in [3.05, 3.63) is 52.5 Å². The first-order valence-electron chi connectivity index (χ1n) is 9.01.